The zero-order valence-electron chi connectivity index (χ0n) is 8.08. The minimum Gasteiger partial charge on any atom is -0.382 e. The minimum absolute atomic E-state index is 0.0995. The number of nitrogens with one attached hydrogen (secondary N) is 1. The van der Waals surface area contributed by atoms with Gasteiger partial charge in [0.15, 0.2) is 5.69 Å². The maximum atomic E-state index is 11.8. The number of nitriles is 1. The number of hydrogen-bond donors (Lipinski definition) is 1. The van der Waals surface area contributed by atoms with E-state index in [1.165, 1.54) is 6.20 Å². The van der Waals surface area contributed by atoms with Crippen LogP contribution in [0.3, 0.4) is 0 Å². The molecule has 0 fully saturated rings. The Morgan fingerprint density at radius 3 is 2.88 bits per heavy atom. The molecule has 0 bridgehead atoms. The first kappa shape index (κ1) is 12.6. The second kappa shape index (κ2) is 5.61. The van der Waals surface area contributed by atoms with Gasteiger partial charge < -0.3 is 5.32 Å². The molecule has 1 N–H and O–H groups in total. The van der Waals surface area contributed by atoms with Crippen LogP contribution >= 0.6 is 11.8 Å². The largest absolute Gasteiger partial charge is 0.441 e. The van der Waals surface area contributed by atoms with E-state index in [0.29, 0.717) is 5.69 Å². The smallest absolute Gasteiger partial charge is 0.382 e. The summed E-state index contributed by atoms with van der Waals surface area (Å²) in [5.41, 5.74) is -3.58. The third kappa shape index (κ3) is 4.40. The second-order valence-corrected chi connectivity index (χ2v) is 3.89. The molecule has 1 aromatic rings. The van der Waals surface area contributed by atoms with Crippen LogP contribution in [0.2, 0.25) is 0 Å². The van der Waals surface area contributed by atoms with Crippen molar-refractivity contribution >= 4 is 17.4 Å². The molecule has 16 heavy (non-hydrogen) atoms. The molecule has 0 spiro atoms. The van der Waals surface area contributed by atoms with Gasteiger partial charge in [0, 0.05) is 18.5 Å². The minimum atomic E-state index is -4.21. The number of anilines is 1. The fraction of sp³-hybridized carbons (Fsp3) is 0.333. The summed E-state index contributed by atoms with van der Waals surface area (Å²) < 4.78 is 35.4. The predicted molar refractivity (Wildman–Crippen MR) is 56.0 cm³/mol. The summed E-state index contributed by atoms with van der Waals surface area (Å²) in [5, 5.41) is 11.4. The van der Waals surface area contributed by atoms with Crippen molar-refractivity contribution in [2.75, 3.05) is 17.6 Å². The lowest BCUT2D eigenvalue weighted by Crippen LogP contribution is -2.10. The van der Waals surface area contributed by atoms with Crippen LogP contribution in [0, 0.1) is 11.3 Å². The number of alkyl halides is 3. The van der Waals surface area contributed by atoms with Gasteiger partial charge in [-0.3, -0.25) is 0 Å². The number of thioether (sulfide) groups is 1. The molecule has 1 rings (SSSR count). The van der Waals surface area contributed by atoms with Gasteiger partial charge in [0.1, 0.15) is 6.07 Å². The van der Waals surface area contributed by atoms with Crippen molar-refractivity contribution in [2.45, 2.75) is 5.51 Å². The van der Waals surface area contributed by atoms with Crippen LogP contribution in [0.15, 0.2) is 18.3 Å². The maximum Gasteiger partial charge on any atom is 0.441 e. The summed E-state index contributed by atoms with van der Waals surface area (Å²) in [6.07, 6.45) is 1.45. The number of pyridine rings is 1. The molecule has 7 heteroatoms. The highest BCUT2D eigenvalue weighted by Crippen LogP contribution is 2.29. The Kier molecular flexibility index (Phi) is 4.43. The SMILES string of the molecule is N#Cc1ncccc1NCCSC(F)(F)F. The lowest BCUT2D eigenvalue weighted by Gasteiger charge is -2.08. The number of rotatable bonds is 4. The number of nitrogens with zero attached hydrogens (tertiary/aromatic N) is 2. The molecule has 0 aliphatic carbocycles. The van der Waals surface area contributed by atoms with E-state index >= 15 is 0 Å². The second-order valence-electron chi connectivity index (χ2n) is 2.73. The van der Waals surface area contributed by atoms with E-state index < -0.39 is 5.51 Å². The zero-order chi connectivity index (χ0) is 12.0. The summed E-state index contributed by atoms with van der Waals surface area (Å²) >= 11 is -0.0995. The first-order valence-corrected chi connectivity index (χ1v) is 5.31. The number of aromatic nitrogens is 1. The van der Waals surface area contributed by atoms with Crippen LogP contribution in [0.5, 0.6) is 0 Å². The monoisotopic (exact) mass is 247 g/mol. The van der Waals surface area contributed by atoms with E-state index in [0.717, 1.165) is 0 Å². The van der Waals surface area contributed by atoms with E-state index in [1.54, 1.807) is 12.1 Å². The van der Waals surface area contributed by atoms with Gasteiger partial charge >= 0.3 is 5.51 Å². The van der Waals surface area contributed by atoms with Crippen LogP contribution < -0.4 is 5.32 Å². The molecule has 0 radical (unpaired) electrons. The molecular weight excluding hydrogens is 239 g/mol. The molecule has 0 saturated carbocycles. The molecule has 0 aliphatic rings. The van der Waals surface area contributed by atoms with Crippen LogP contribution in [-0.4, -0.2) is 22.8 Å². The Balaban J connectivity index is 2.41. The molecule has 0 amide bonds. The van der Waals surface area contributed by atoms with Crippen molar-refractivity contribution in [3.05, 3.63) is 24.0 Å². The van der Waals surface area contributed by atoms with Gasteiger partial charge in [-0.15, -0.1) is 0 Å². The summed E-state index contributed by atoms with van der Waals surface area (Å²) in [7, 11) is 0. The van der Waals surface area contributed by atoms with Crippen molar-refractivity contribution in [3.63, 3.8) is 0 Å². The fourth-order valence-electron chi connectivity index (χ4n) is 0.990. The third-order valence-corrected chi connectivity index (χ3v) is 2.33. The Labute approximate surface area is 94.7 Å². The number of halogens is 3. The molecule has 1 heterocycles. The Bertz CT molecular complexity index is 386. The van der Waals surface area contributed by atoms with Crippen LogP contribution in [0.4, 0.5) is 18.9 Å². The van der Waals surface area contributed by atoms with E-state index in [2.05, 4.69) is 10.3 Å². The average Bonchev–Trinajstić information content (AvgIpc) is 2.23. The predicted octanol–water partition coefficient (Wildman–Crippen LogP) is 2.62. The normalized spacial score (nSPS) is 10.9. The Morgan fingerprint density at radius 1 is 1.50 bits per heavy atom. The highest BCUT2D eigenvalue weighted by atomic mass is 32.2. The van der Waals surface area contributed by atoms with Gasteiger partial charge in [-0.1, -0.05) is 0 Å². The molecule has 0 atom stereocenters. The highest BCUT2D eigenvalue weighted by Gasteiger charge is 2.27. The molecule has 0 aliphatic heterocycles. The van der Waals surface area contributed by atoms with Gasteiger partial charge in [0.2, 0.25) is 0 Å². The fourth-order valence-corrected chi connectivity index (χ4v) is 1.43. The van der Waals surface area contributed by atoms with Crippen LogP contribution in [-0.2, 0) is 0 Å². The van der Waals surface area contributed by atoms with Crippen molar-refractivity contribution in [2.24, 2.45) is 0 Å². The van der Waals surface area contributed by atoms with Gasteiger partial charge in [-0.05, 0) is 23.9 Å². The van der Waals surface area contributed by atoms with Crippen molar-refractivity contribution in [1.82, 2.24) is 4.98 Å². The summed E-state index contributed by atoms with van der Waals surface area (Å²) in [6, 6.07) is 5.06. The van der Waals surface area contributed by atoms with Crippen LogP contribution in [0.25, 0.3) is 0 Å². The Hall–Kier alpha value is -1.42. The summed E-state index contributed by atoms with van der Waals surface area (Å²) in [5.74, 6) is -0.108. The number of hydrogen-bond acceptors (Lipinski definition) is 4. The van der Waals surface area contributed by atoms with E-state index in [1.807, 2.05) is 6.07 Å². The van der Waals surface area contributed by atoms with E-state index in [4.69, 9.17) is 5.26 Å². The first-order valence-electron chi connectivity index (χ1n) is 4.32. The highest BCUT2D eigenvalue weighted by molar-refractivity contribution is 8.00. The van der Waals surface area contributed by atoms with Gasteiger partial charge in [-0.25, -0.2) is 4.98 Å². The van der Waals surface area contributed by atoms with Gasteiger partial charge in [0.05, 0.1) is 5.69 Å². The lowest BCUT2D eigenvalue weighted by molar-refractivity contribution is -0.0327. The molecule has 0 saturated heterocycles. The molecule has 0 aromatic carbocycles. The van der Waals surface area contributed by atoms with E-state index in [-0.39, 0.29) is 29.8 Å². The van der Waals surface area contributed by atoms with E-state index in [9.17, 15) is 13.2 Å². The van der Waals surface area contributed by atoms with Crippen molar-refractivity contribution < 1.29 is 13.2 Å². The molecular formula is C9H8F3N3S. The molecule has 0 unspecified atom stereocenters. The van der Waals surface area contributed by atoms with Crippen molar-refractivity contribution in [1.29, 1.82) is 5.26 Å². The quantitative estimate of drug-likeness (QED) is 0.831. The average molecular weight is 247 g/mol. The Morgan fingerprint density at radius 2 is 2.25 bits per heavy atom. The molecule has 3 nitrogen and oxygen atoms in total. The molecule has 1 aromatic heterocycles. The molecule has 86 valence electrons. The van der Waals surface area contributed by atoms with Gasteiger partial charge in [0.25, 0.3) is 0 Å². The lowest BCUT2D eigenvalue weighted by atomic mass is 10.3. The third-order valence-electron chi connectivity index (χ3n) is 1.60. The van der Waals surface area contributed by atoms with Gasteiger partial charge in [-0.2, -0.15) is 18.4 Å². The van der Waals surface area contributed by atoms with Crippen molar-refractivity contribution in [3.8, 4) is 6.07 Å². The topological polar surface area (TPSA) is 48.7 Å². The standard InChI is InChI=1S/C9H8F3N3S/c10-9(11,12)16-5-4-15-7-2-1-3-14-8(7)6-13/h1-3,15H,4-5H2. The first-order chi connectivity index (χ1) is 7.53. The van der Waals surface area contributed by atoms with Crippen LogP contribution in [0.1, 0.15) is 5.69 Å². The summed E-state index contributed by atoms with van der Waals surface area (Å²) in [6.45, 7) is 0.130. The maximum absolute atomic E-state index is 11.8. The summed E-state index contributed by atoms with van der Waals surface area (Å²) in [4.78, 5) is 3.77. The zero-order valence-corrected chi connectivity index (χ0v) is 8.90.